The van der Waals surface area contributed by atoms with Gasteiger partial charge in [0.25, 0.3) is 0 Å². The highest BCUT2D eigenvalue weighted by Gasteiger charge is 2.33. The largest absolute Gasteiger partial charge is 0.313 e. The molecule has 1 N–H and O–H groups in total. The van der Waals surface area contributed by atoms with Crippen LogP contribution in [0.4, 0.5) is 0 Å². The SMILES string of the molecule is CCNC1CCCCCC1N1CCC(N(C)C)C1. The number of rotatable bonds is 4. The molecule has 0 amide bonds. The molecule has 1 heterocycles. The summed E-state index contributed by atoms with van der Waals surface area (Å²) in [5, 5.41) is 3.74. The average Bonchev–Trinajstić information content (AvgIpc) is 2.72. The van der Waals surface area contributed by atoms with Crippen molar-refractivity contribution in [2.45, 2.75) is 63.6 Å². The fourth-order valence-electron chi connectivity index (χ4n) is 3.72. The number of nitrogens with zero attached hydrogens (tertiary/aromatic N) is 2. The summed E-state index contributed by atoms with van der Waals surface area (Å²) in [6.45, 7) is 5.94. The molecule has 0 aromatic rings. The molecule has 1 saturated carbocycles. The first-order chi connectivity index (χ1) is 8.72. The fourth-order valence-corrected chi connectivity index (χ4v) is 3.72. The maximum atomic E-state index is 3.74. The van der Waals surface area contributed by atoms with Gasteiger partial charge in [0.15, 0.2) is 0 Å². The third kappa shape index (κ3) is 3.46. The molecular weight excluding hydrogens is 222 g/mol. The Morgan fingerprint density at radius 2 is 1.89 bits per heavy atom. The summed E-state index contributed by atoms with van der Waals surface area (Å²) in [4.78, 5) is 5.17. The molecule has 0 radical (unpaired) electrons. The summed E-state index contributed by atoms with van der Waals surface area (Å²) in [5.41, 5.74) is 0. The van der Waals surface area contributed by atoms with Crippen molar-refractivity contribution < 1.29 is 0 Å². The Balaban J connectivity index is 1.95. The van der Waals surface area contributed by atoms with Crippen molar-refractivity contribution in [1.82, 2.24) is 15.1 Å². The Morgan fingerprint density at radius 1 is 1.11 bits per heavy atom. The van der Waals surface area contributed by atoms with Crippen LogP contribution in [0.15, 0.2) is 0 Å². The topological polar surface area (TPSA) is 18.5 Å². The molecule has 2 rings (SSSR count). The molecule has 106 valence electrons. The number of nitrogens with one attached hydrogen (secondary N) is 1. The van der Waals surface area contributed by atoms with Gasteiger partial charge < -0.3 is 10.2 Å². The van der Waals surface area contributed by atoms with Crippen LogP contribution in [-0.2, 0) is 0 Å². The van der Waals surface area contributed by atoms with Crippen LogP contribution in [-0.4, -0.2) is 61.7 Å². The van der Waals surface area contributed by atoms with Crippen LogP contribution in [0.1, 0.15) is 45.4 Å². The van der Waals surface area contributed by atoms with Crippen molar-refractivity contribution in [3.8, 4) is 0 Å². The summed E-state index contributed by atoms with van der Waals surface area (Å²) in [5.74, 6) is 0. The molecule has 3 atom stereocenters. The fraction of sp³-hybridized carbons (Fsp3) is 1.00. The second kappa shape index (κ2) is 6.88. The first-order valence-electron chi connectivity index (χ1n) is 7.86. The first-order valence-corrected chi connectivity index (χ1v) is 7.86. The number of hydrogen-bond donors (Lipinski definition) is 1. The minimum Gasteiger partial charge on any atom is -0.313 e. The molecule has 18 heavy (non-hydrogen) atoms. The van der Waals surface area contributed by atoms with Gasteiger partial charge in [0.05, 0.1) is 0 Å². The van der Waals surface area contributed by atoms with Gasteiger partial charge in [-0.3, -0.25) is 4.90 Å². The van der Waals surface area contributed by atoms with Crippen LogP contribution in [0.2, 0.25) is 0 Å². The van der Waals surface area contributed by atoms with Crippen LogP contribution in [0.3, 0.4) is 0 Å². The van der Waals surface area contributed by atoms with Crippen molar-refractivity contribution in [2.24, 2.45) is 0 Å². The normalized spacial score (nSPS) is 35.0. The van der Waals surface area contributed by atoms with E-state index < -0.39 is 0 Å². The van der Waals surface area contributed by atoms with Crippen LogP contribution in [0.25, 0.3) is 0 Å². The van der Waals surface area contributed by atoms with E-state index in [4.69, 9.17) is 0 Å². The van der Waals surface area contributed by atoms with Crippen molar-refractivity contribution in [3.63, 3.8) is 0 Å². The molecule has 0 aromatic carbocycles. The maximum Gasteiger partial charge on any atom is 0.0250 e. The molecule has 0 bridgehead atoms. The molecule has 3 heteroatoms. The second-order valence-electron chi connectivity index (χ2n) is 6.27. The second-order valence-corrected chi connectivity index (χ2v) is 6.27. The smallest absolute Gasteiger partial charge is 0.0250 e. The Bertz CT molecular complexity index is 242. The monoisotopic (exact) mass is 253 g/mol. The minimum absolute atomic E-state index is 0.735. The van der Waals surface area contributed by atoms with Gasteiger partial charge >= 0.3 is 0 Å². The molecule has 0 aromatic heterocycles. The zero-order valence-electron chi connectivity index (χ0n) is 12.5. The lowest BCUT2D eigenvalue weighted by Gasteiger charge is -2.34. The molecular formula is C15H31N3. The van der Waals surface area contributed by atoms with Gasteiger partial charge in [-0.05, 0) is 39.9 Å². The van der Waals surface area contributed by atoms with Crippen molar-refractivity contribution in [3.05, 3.63) is 0 Å². The lowest BCUT2D eigenvalue weighted by atomic mass is 10.0. The summed E-state index contributed by atoms with van der Waals surface area (Å²) >= 11 is 0. The summed E-state index contributed by atoms with van der Waals surface area (Å²) < 4.78 is 0. The summed E-state index contributed by atoms with van der Waals surface area (Å²) in [7, 11) is 4.45. The van der Waals surface area contributed by atoms with E-state index in [1.54, 1.807) is 0 Å². The lowest BCUT2D eigenvalue weighted by Crippen LogP contribution is -2.49. The first kappa shape index (κ1) is 14.3. The quantitative estimate of drug-likeness (QED) is 0.773. The van der Waals surface area contributed by atoms with Gasteiger partial charge in [0, 0.05) is 31.2 Å². The van der Waals surface area contributed by atoms with E-state index in [1.807, 2.05) is 0 Å². The third-order valence-corrected chi connectivity index (χ3v) is 4.84. The molecule has 3 nitrogen and oxygen atoms in total. The lowest BCUT2D eigenvalue weighted by molar-refractivity contribution is 0.168. The van der Waals surface area contributed by atoms with E-state index in [-0.39, 0.29) is 0 Å². The van der Waals surface area contributed by atoms with E-state index in [0.717, 1.165) is 24.7 Å². The molecule has 1 aliphatic carbocycles. The predicted octanol–water partition coefficient (Wildman–Crippen LogP) is 1.93. The highest BCUT2D eigenvalue weighted by molar-refractivity contribution is 4.92. The van der Waals surface area contributed by atoms with Gasteiger partial charge in [0.1, 0.15) is 0 Å². The van der Waals surface area contributed by atoms with Gasteiger partial charge in [-0.25, -0.2) is 0 Å². The average molecular weight is 253 g/mol. The standard InChI is InChI=1S/C15H31N3/c1-4-16-14-8-6-5-7-9-15(14)18-11-10-13(12-18)17(2)3/h13-16H,4-12H2,1-3H3. The van der Waals surface area contributed by atoms with Crippen molar-refractivity contribution >= 4 is 0 Å². The molecule has 0 spiro atoms. The zero-order chi connectivity index (χ0) is 13.0. The Labute approximate surface area is 113 Å². The van der Waals surface area contributed by atoms with E-state index in [2.05, 4.69) is 36.1 Å². The van der Waals surface area contributed by atoms with Crippen LogP contribution < -0.4 is 5.32 Å². The summed E-state index contributed by atoms with van der Waals surface area (Å²) in [6, 6.07) is 2.30. The van der Waals surface area contributed by atoms with E-state index in [9.17, 15) is 0 Å². The summed E-state index contributed by atoms with van der Waals surface area (Å²) in [6.07, 6.45) is 8.40. The molecule has 2 aliphatic rings. The van der Waals surface area contributed by atoms with Crippen LogP contribution in [0.5, 0.6) is 0 Å². The Morgan fingerprint density at radius 3 is 2.56 bits per heavy atom. The highest BCUT2D eigenvalue weighted by Crippen LogP contribution is 2.26. The molecule has 3 unspecified atom stereocenters. The van der Waals surface area contributed by atoms with E-state index in [1.165, 1.54) is 51.6 Å². The van der Waals surface area contributed by atoms with Gasteiger partial charge in [0.2, 0.25) is 0 Å². The predicted molar refractivity (Wildman–Crippen MR) is 78.0 cm³/mol. The molecule has 1 saturated heterocycles. The van der Waals surface area contributed by atoms with Gasteiger partial charge in [-0.1, -0.05) is 26.2 Å². The van der Waals surface area contributed by atoms with Gasteiger partial charge in [-0.15, -0.1) is 0 Å². The maximum absolute atomic E-state index is 3.74. The highest BCUT2D eigenvalue weighted by atomic mass is 15.3. The van der Waals surface area contributed by atoms with Crippen molar-refractivity contribution in [2.75, 3.05) is 33.7 Å². The minimum atomic E-state index is 0.735. The molecule has 1 aliphatic heterocycles. The number of likely N-dealkylation sites (tertiary alicyclic amines) is 1. The molecule has 2 fully saturated rings. The number of hydrogen-bond acceptors (Lipinski definition) is 3. The number of likely N-dealkylation sites (N-methyl/N-ethyl adjacent to an activating group) is 2. The Hall–Kier alpha value is -0.120. The Kier molecular flexibility index (Phi) is 5.46. The van der Waals surface area contributed by atoms with Crippen LogP contribution >= 0.6 is 0 Å². The van der Waals surface area contributed by atoms with Crippen molar-refractivity contribution in [1.29, 1.82) is 0 Å². The van der Waals surface area contributed by atoms with E-state index in [0.29, 0.717) is 0 Å². The van der Waals surface area contributed by atoms with E-state index >= 15 is 0 Å². The zero-order valence-corrected chi connectivity index (χ0v) is 12.5. The third-order valence-electron chi connectivity index (χ3n) is 4.84. The van der Waals surface area contributed by atoms with Crippen LogP contribution in [0, 0.1) is 0 Å². The van der Waals surface area contributed by atoms with Gasteiger partial charge in [-0.2, -0.15) is 0 Å².